The maximum Gasteiger partial charge on any atom is 0.325 e. The Morgan fingerprint density at radius 1 is 1.39 bits per heavy atom. The van der Waals surface area contributed by atoms with Gasteiger partial charge in [-0.2, -0.15) is 0 Å². The molecule has 0 bridgehead atoms. The monoisotopic (exact) mass is 274 g/mol. The van der Waals surface area contributed by atoms with Crippen LogP contribution in [0.1, 0.15) is 27.2 Å². The highest BCUT2D eigenvalue weighted by Gasteiger charge is 2.30. The quantitative estimate of drug-likeness (QED) is 0.553. The van der Waals surface area contributed by atoms with E-state index in [4.69, 9.17) is 18.0 Å². The molecular weight excluding hydrogens is 252 g/mol. The third-order valence-electron chi connectivity index (χ3n) is 2.59. The molecule has 0 aromatic heterocycles. The first-order valence-electron chi connectivity index (χ1n) is 6.00. The zero-order valence-electron chi connectivity index (χ0n) is 11.4. The zero-order valence-corrected chi connectivity index (χ0v) is 12.3. The van der Waals surface area contributed by atoms with Gasteiger partial charge < -0.3 is 15.4 Å². The van der Waals surface area contributed by atoms with E-state index >= 15 is 0 Å². The molecule has 6 heteroatoms. The second-order valence-corrected chi connectivity index (χ2v) is 4.93. The van der Waals surface area contributed by atoms with Gasteiger partial charge in [-0.05, 0) is 12.3 Å². The fraction of sp³-hybridized carbons (Fsp3) is 0.750. The van der Waals surface area contributed by atoms with Crippen LogP contribution in [0.5, 0.6) is 0 Å². The number of rotatable bonds is 7. The number of amides is 1. The van der Waals surface area contributed by atoms with Gasteiger partial charge in [0.15, 0.2) is 0 Å². The number of hydrogen-bond donors (Lipinski definition) is 1. The van der Waals surface area contributed by atoms with Crippen molar-refractivity contribution >= 4 is 29.1 Å². The topological polar surface area (TPSA) is 72.6 Å². The minimum atomic E-state index is -0.531. The average Bonchev–Trinajstić information content (AvgIpc) is 2.27. The lowest BCUT2D eigenvalue weighted by Crippen LogP contribution is -2.46. The number of nitrogens with two attached hydrogens (primary N) is 1. The number of carbonyl (C=O) groups is 2. The summed E-state index contributed by atoms with van der Waals surface area (Å²) in [6.07, 6.45) is 0.755. The minimum absolute atomic E-state index is 0.00648. The standard InChI is InChI=1S/C12H22N2O3S/c1-5-6-14(7-9(15)17-4)12(16)10(8(2)3)11(13)18/h8,10H,5-7H2,1-4H3,(H2,13,18). The Morgan fingerprint density at radius 3 is 2.28 bits per heavy atom. The molecule has 0 aliphatic rings. The van der Waals surface area contributed by atoms with Crippen molar-refractivity contribution in [1.29, 1.82) is 0 Å². The Hall–Kier alpha value is -1.17. The van der Waals surface area contributed by atoms with Gasteiger partial charge in [-0.15, -0.1) is 0 Å². The second-order valence-electron chi connectivity index (χ2n) is 4.46. The van der Waals surface area contributed by atoms with Gasteiger partial charge in [0.1, 0.15) is 6.54 Å². The van der Waals surface area contributed by atoms with E-state index in [9.17, 15) is 9.59 Å². The molecule has 1 unspecified atom stereocenters. The molecule has 0 saturated heterocycles. The van der Waals surface area contributed by atoms with E-state index in [-0.39, 0.29) is 23.4 Å². The molecule has 0 aliphatic heterocycles. The molecule has 0 aromatic rings. The molecule has 0 radical (unpaired) electrons. The predicted octanol–water partition coefficient (Wildman–Crippen LogP) is 0.956. The molecule has 2 N–H and O–H groups in total. The van der Waals surface area contributed by atoms with Gasteiger partial charge in [-0.3, -0.25) is 9.59 Å². The van der Waals surface area contributed by atoms with Crippen LogP contribution in [0.2, 0.25) is 0 Å². The van der Waals surface area contributed by atoms with E-state index < -0.39 is 11.9 Å². The number of esters is 1. The van der Waals surface area contributed by atoms with Crippen molar-refractivity contribution in [3.8, 4) is 0 Å². The van der Waals surface area contributed by atoms with Gasteiger partial charge in [-0.25, -0.2) is 0 Å². The summed E-state index contributed by atoms with van der Waals surface area (Å²) in [6.45, 7) is 6.12. The molecule has 1 amide bonds. The van der Waals surface area contributed by atoms with E-state index in [1.165, 1.54) is 12.0 Å². The van der Waals surface area contributed by atoms with Crippen LogP contribution in [-0.2, 0) is 14.3 Å². The normalized spacial score (nSPS) is 12.1. The summed E-state index contributed by atoms with van der Waals surface area (Å²) < 4.78 is 4.58. The smallest absolute Gasteiger partial charge is 0.325 e. The number of methoxy groups -OCH3 is 1. The summed E-state index contributed by atoms with van der Waals surface area (Å²) in [5.41, 5.74) is 5.60. The first-order valence-corrected chi connectivity index (χ1v) is 6.40. The van der Waals surface area contributed by atoms with Crippen molar-refractivity contribution < 1.29 is 14.3 Å². The molecular formula is C12H22N2O3S. The molecule has 0 rings (SSSR count). The van der Waals surface area contributed by atoms with Crippen LogP contribution >= 0.6 is 12.2 Å². The molecule has 0 heterocycles. The van der Waals surface area contributed by atoms with Crippen molar-refractivity contribution in [3.63, 3.8) is 0 Å². The Kier molecular flexibility index (Phi) is 7.50. The van der Waals surface area contributed by atoms with Gasteiger partial charge in [-0.1, -0.05) is 33.0 Å². The zero-order chi connectivity index (χ0) is 14.3. The van der Waals surface area contributed by atoms with Crippen molar-refractivity contribution in [2.24, 2.45) is 17.6 Å². The molecule has 1 atom stereocenters. The average molecular weight is 274 g/mol. The molecule has 0 saturated carbocycles. The summed E-state index contributed by atoms with van der Waals surface area (Å²) in [5, 5.41) is 0. The van der Waals surface area contributed by atoms with E-state index in [0.29, 0.717) is 6.54 Å². The molecule has 104 valence electrons. The summed E-state index contributed by atoms with van der Waals surface area (Å²) in [4.78, 5) is 25.2. The SMILES string of the molecule is CCCN(CC(=O)OC)C(=O)C(C(N)=S)C(C)C. The maximum absolute atomic E-state index is 12.3. The summed E-state index contributed by atoms with van der Waals surface area (Å²) in [7, 11) is 1.30. The Balaban J connectivity index is 4.92. The highest BCUT2D eigenvalue weighted by molar-refractivity contribution is 7.80. The summed E-state index contributed by atoms with van der Waals surface area (Å²) >= 11 is 4.93. The Morgan fingerprint density at radius 2 is 1.94 bits per heavy atom. The van der Waals surface area contributed by atoms with Crippen LogP contribution in [0, 0.1) is 11.8 Å². The van der Waals surface area contributed by atoms with Crippen LogP contribution < -0.4 is 5.73 Å². The first-order chi connectivity index (χ1) is 8.34. The predicted molar refractivity (Wildman–Crippen MR) is 74.0 cm³/mol. The van der Waals surface area contributed by atoms with E-state index in [1.54, 1.807) is 0 Å². The lowest BCUT2D eigenvalue weighted by atomic mass is 9.94. The third-order valence-corrected chi connectivity index (χ3v) is 2.85. The van der Waals surface area contributed by atoms with E-state index in [2.05, 4.69) is 4.74 Å². The maximum atomic E-state index is 12.3. The first kappa shape index (κ1) is 16.8. The largest absolute Gasteiger partial charge is 0.468 e. The van der Waals surface area contributed by atoms with Crippen molar-refractivity contribution in [3.05, 3.63) is 0 Å². The molecule has 5 nitrogen and oxygen atoms in total. The Labute approximate surface area is 114 Å². The Bertz CT molecular complexity index is 318. The number of hydrogen-bond acceptors (Lipinski definition) is 4. The van der Waals surface area contributed by atoms with Crippen LogP contribution in [0.15, 0.2) is 0 Å². The summed E-state index contributed by atoms with van der Waals surface area (Å²) in [6, 6.07) is 0. The van der Waals surface area contributed by atoms with Crippen LogP contribution in [0.3, 0.4) is 0 Å². The van der Waals surface area contributed by atoms with Crippen LogP contribution in [-0.4, -0.2) is 42.0 Å². The van der Waals surface area contributed by atoms with Gasteiger partial charge in [0.2, 0.25) is 5.91 Å². The van der Waals surface area contributed by atoms with Gasteiger partial charge in [0.05, 0.1) is 18.0 Å². The lowest BCUT2D eigenvalue weighted by Gasteiger charge is -2.27. The third kappa shape index (κ3) is 5.00. The van der Waals surface area contributed by atoms with Crippen LogP contribution in [0.4, 0.5) is 0 Å². The molecule has 0 aromatic carbocycles. The molecule has 0 spiro atoms. The molecule has 18 heavy (non-hydrogen) atoms. The number of carbonyl (C=O) groups excluding carboxylic acids is 2. The fourth-order valence-electron chi connectivity index (χ4n) is 1.69. The van der Waals surface area contributed by atoms with Gasteiger partial charge in [0, 0.05) is 6.54 Å². The fourth-order valence-corrected chi connectivity index (χ4v) is 2.06. The second kappa shape index (κ2) is 8.02. The molecule has 0 aliphatic carbocycles. The van der Waals surface area contributed by atoms with Crippen molar-refractivity contribution in [2.75, 3.05) is 20.2 Å². The van der Waals surface area contributed by atoms with E-state index in [0.717, 1.165) is 6.42 Å². The number of thiocarbonyl (C=S) groups is 1. The minimum Gasteiger partial charge on any atom is -0.468 e. The van der Waals surface area contributed by atoms with Gasteiger partial charge in [0.25, 0.3) is 0 Å². The lowest BCUT2D eigenvalue weighted by molar-refractivity contribution is -0.148. The highest BCUT2D eigenvalue weighted by atomic mass is 32.1. The molecule has 0 fully saturated rings. The number of nitrogens with zero attached hydrogens (tertiary/aromatic N) is 1. The van der Waals surface area contributed by atoms with Gasteiger partial charge >= 0.3 is 5.97 Å². The van der Waals surface area contributed by atoms with Crippen molar-refractivity contribution in [2.45, 2.75) is 27.2 Å². The van der Waals surface area contributed by atoms with E-state index in [1.807, 2.05) is 20.8 Å². The number of ether oxygens (including phenoxy) is 1. The summed E-state index contributed by atoms with van der Waals surface area (Å²) in [5.74, 6) is -1.17. The highest BCUT2D eigenvalue weighted by Crippen LogP contribution is 2.15. The van der Waals surface area contributed by atoms with Crippen molar-refractivity contribution in [1.82, 2.24) is 4.90 Å². The van der Waals surface area contributed by atoms with Crippen LogP contribution in [0.25, 0.3) is 0 Å².